The monoisotopic (exact) mass is 772 g/mol. The molecule has 2 aliphatic rings. The van der Waals surface area contributed by atoms with E-state index in [4.69, 9.17) is 0 Å². The summed E-state index contributed by atoms with van der Waals surface area (Å²) in [6.07, 6.45) is 11.5. The van der Waals surface area contributed by atoms with Crippen LogP contribution in [0.15, 0.2) is 131 Å². The van der Waals surface area contributed by atoms with E-state index in [0.29, 0.717) is 25.2 Å². The van der Waals surface area contributed by atoms with Gasteiger partial charge in [0.1, 0.15) is 0 Å². The molecule has 2 aliphatic heterocycles. The van der Waals surface area contributed by atoms with Crippen LogP contribution in [0.3, 0.4) is 0 Å². The van der Waals surface area contributed by atoms with Crippen LogP contribution >= 0.6 is 0 Å². The third-order valence-corrected chi connectivity index (χ3v) is 11.0. The molecular formula is C48H52N8O2. The molecule has 6 aromatic rings. The first kappa shape index (κ1) is 40.3. The molecule has 8 rings (SSSR count). The van der Waals surface area contributed by atoms with Crippen molar-refractivity contribution in [1.29, 1.82) is 0 Å². The summed E-state index contributed by atoms with van der Waals surface area (Å²) in [5, 5.41) is 9.22. The molecule has 2 N–H and O–H groups in total. The standard InChI is InChI=1S/2C24H26N4O/c2*29-24-9-8-21-10-14-25-19-23(21)28(24)18-17-27-15-11-22(12-16-27)26-13-4-7-20-5-2-1-3-6-20/h2*1-3,5-6,8-10,14,19,22,26H,11-13,15-18H2. The zero-order valence-corrected chi connectivity index (χ0v) is 33.1. The van der Waals surface area contributed by atoms with Crippen LogP contribution < -0.4 is 21.8 Å². The number of nitrogens with one attached hydrogen (secondary N) is 2. The fourth-order valence-electron chi connectivity index (χ4n) is 7.66. The number of hydrogen-bond acceptors (Lipinski definition) is 8. The zero-order valence-electron chi connectivity index (χ0n) is 33.1. The third-order valence-electron chi connectivity index (χ3n) is 11.0. The van der Waals surface area contributed by atoms with E-state index >= 15 is 0 Å². The zero-order chi connectivity index (χ0) is 39.8. The van der Waals surface area contributed by atoms with E-state index in [1.165, 1.54) is 0 Å². The number of pyridine rings is 4. The second-order valence-electron chi connectivity index (χ2n) is 14.8. The number of aromatic nitrogens is 4. The van der Waals surface area contributed by atoms with Crippen molar-refractivity contribution in [2.45, 2.75) is 50.9 Å². The van der Waals surface area contributed by atoms with Crippen LogP contribution in [0.5, 0.6) is 0 Å². The second kappa shape index (κ2) is 21.0. The first-order valence-electron chi connectivity index (χ1n) is 20.5. The lowest BCUT2D eigenvalue weighted by Crippen LogP contribution is -2.44. The fourth-order valence-corrected chi connectivity index (χ4v) is 7.66. The van der Waals surface area contributed by atoms with Gasteiger partial charge in [-0.2, -0.15) is 0 Å². The Morgan fingerprint density at radius 1 is 0.517 bits per heavy atom. The fraction of sp³-hybridized carbons (Fsp3) is 0.333. The highest BCUT2D eigenvalue weighted by atomic mass is 16.1. The summed E-state index contributed by atoms with van der Waals surface area (Å²) in [5.41, 5.74) is 4.02. The van der Waals surface area contributed by atoms with Gasteiger partial charge in [0, 0.05) is 84.7 Å². The summed E-state index contributed by atoms with van der Waals surface area (Å²) in [4.78, 5) is 37.8. The Morgan fingerprint density at radius 3 is 1.34 bits per heavy atom. The Morgan fingerprint density at radius 2 is 0.931 bits per heavy atom. The maximum atomic E-state index is 12.3. The predicted octanol–water partition coefficient (Wildman–Crippen LogP) is 5.00. The number of piperidine rings is 2. The van der Waals surface area contributed by atoms with Crippen LogP contribution in [0.1, 0.15) is 36.8 Å². The van der Waals surface area contributed by atoms with Gasteiger partial charge in [0.15, 0.2) is 0 Å². The van der Waals surface area contributed by atoms with Gasteiger partial charge in [-0.1, -0.05) is 60.1 Å². The highest BCUT2D eigenvalue weighted by Gasteiger charge is 2.20. The largest absolute Gasteiger partial charge is 0.305 e. The Hall–Kier alpha value is -5.88. The second-order valence-corrected chi connectivity index (χ2v) is 14.8. The summed E-state index contributed by atoms with van der Waals surface area (Å²) < 4.78 is 3.68. The minimum Gasteiger partial charge on any atom is -0.305 e. The topological polar surface area (TPSA) is 100 Å². The normalized spacial score (nSPS) is 15.2. The lowest BCUT2D eigenvalue weighted by molar-refractivity contribution is 0.194. The Labute approximate surface area is 340 Å². The quantitative estimate of drug-likeness (QED) is 0.188. The van der Waals surface area contributed by atoms with Crippen molar-refractivity contribution in [3.63, 3.8) is 0 Å². The molecule has 58 heavy (non-hydrogen) atoms. The van der Waals surface area contributed by atoms with E-state index in [1.54, 1.807) is 36.9 Å². The Balaban J connectivity index is 0.000000177. The van der Waals surface area contributed by atoms with E-state index in [1.807, 2.05) is 94.1 Å². The van der Waals surface area contributed by atoms with Crippen LogP contribution in [-0.2, 0) is 13.1 Å². The maximum absolute atomic E-state index is 12.3. The average Bonchev–Trinajstić information content (AvgIpc) is 3.28. The van der Waals surface area contributed by atoms with Gasteiger partial charge in [-0.15, -0.1) is 0 Å². The molecule has 0 atom stereocenters. The third kappa shape index (κ3) is 11.6. The van der Waals surface area contributed by atoms with Crippen LogP contribution in [0.4, 0.5) is 0 Å². The summed E-state index contributed by atoms with van der Waals surface area (Å²) in [7, 11) is 0. The van der Waals surface area contributed by atoms with Gasteiger partial charge in [0.05, 0.1) is 36.5 Å². The Kier molecular flexibility index (Phi) is 14.6. The smallest absolute Gasteiger partial charge is 0.251 e. The summed E-state index contributed by atoms with van der Waals surface area (Å²) in [6, 6.07) is 32.1. The van der Waals surface area contributed by atoms with E-state index in [-0.39, 0.29) is 11.1 Å². The number of hydrogen-bond donors (Lipinski definition) is 2. The van der Waals surface area contributed by atoms with Gasteiger partial charge in [0.2, 0.25) is 0 Å². The molecular weight excluding hydrogens is 721 g/mol. The summed E-state index contributed by atoms with van der Waals surface area (Å²) in [5.74, 6) is 12.8. The lowest BCUT2D eigenvalue weighted by atomic mass is 10.1. The van der Waals surface area contributed by atoms with Crippen molar-refractivity contribution in [3.8, 4) is 23.7 Å². The van der Waals surface area contributed by atoms with Crippen molar-refractivity contribution in [2.24, 2.45) is 0 Å². The summed E-state index contributed by atoms with van der Waals surface area (Å²) >= 11 is 0. The van der Waals surface area contributed by atoms with Crippen LogP contribution in [0.2, 0.25) is 0 Å². The minimum absolute atomic E-state index is 0.0408. The molecule has 4 aromatic heterocycles. The molecule has 6 heterocycles. The predicted molar refractivity (Wildman–Crippen MR) is 234 cm³/mol. The molecule has 296 valence electrons. The molecule has 2 saturated heterocycles. The van der Waals surface area contributed by atoms with Crippen LogP contribution in [0, 0.1) is 23.7 Å². The molecule has 2 aromatic carbocycles. The van der Waals surface area contributed by atoms with Crippen molar-refractivity contribution in [1.82, 2.24) is 39.5 Å². The number of rotatable bonds is 10. The van der Waals surface area contributed by atoms with E-state index in [9.17, 15) is 9.59 Å². The minimum atomic E-state index is 0.0408. The number of nitrogens with zero attached hydrogens (tertiary/aromatic N) is 6. The summed E-state index contributed by atoms with van der Waals surface area (Å²) in [6.45, 7) is 8.77. The van der Waals surface area contributed by atoms with Crippen molar-refractivity contribution in [2.75, 3.05) is 52.4 Å². The van der Waals surface area contributed by atoms with E-state index < -0.39 is 0 Å². The maximum Gasteiger partial charge on any atom is 0.251 e. The first-order chi connectivity index (χ1) is 28.6. The number of fused-ring (bicyclic) bond motifs is 2. The van der Waals surface area contributed by atoms with Gasteiger partial charge in [-0.3, -0.25) is 19.6 Å². The lowest BCUT2D eigenvalue weighted by Gasteiger charge is -2.32. The van der Waals surface area contributed by atoms with E-state index in [2.05, 4.69) is 54.1 Å². The van der Waals surface area contributed by atoms with Gasteiger partial charge in [-0.25, -0.2) is 0 Å². The molecule has 10 heteroatoms. The number of likely N-dealkylation sites (tertiary alicyclic amines) is 2. The molecule has 0 spiro atoms. The molecule has 10 nitrogen and oxygen atoms in total. The average molecular weight is 773 g/mol. The molecule has 0 aliphatic carbocycles. The van der Waals surface area contributed by atoms with Gasteiger partial charge in [0.25, 0.3) is 11.1 Å². The molecule has 0 bridgehead atoms. The van der Waals surface area contributed by atoms with Crippen molar-refractivity contribution < 1.29 is 0 Å². The van der Waals surface area contributed by atoms with Crippen molar-refractivity contribution in [3.05, 3.63) is 154 Å². The van der Waals surface area contributed by atoms with Crippen LogP contribution in [0.25, 0.3) is 21.8 Å². The molecule has 0 saturated carbocycles. The molecule has 0 amide bonds. The van der Waals surface area contributed by atoms with Gasteiger partial charge >= 0.3 is 0 Å². The first-order valence-corrected chi connectivity index (χ1v) is 20.5. The Bertz CT molecular complexity index is 2290. The molecule has 0 radical (unpaired) electrons. The van der Waals surface area contributed by atoms with Crippen LogP contribution in [-0.4, -0.2) is 93.3 Å². The molecule has 2 fully saturated rings. The number of benzene rings is 2. The van der Waals surface area contributed by atoms with Crippen molar-refractivity contribution >= 4 is 21.8 Å². The van der Waals surface area contributed by atoms with E-state index in [0.717, 1.165) is 111 Å². The van der Waals surface area contributed by atoms with Gasteiger partial charge in [-0.05, 0) is 100 Å². The SMILES string of the molecule is O=c1ccc2ccncc2n1CCN1CCC(NCC#Cc2ccccc2)CC1.O=c1ccc2ccncc2n1CCN1CCC(NCC#Cc2ccccc2)CC1. The van der Waals surface area contributed by atoms with Gasteiger partial charge < -0.3 is 29.6 Å². The highest BCUT2D eigenvalue weighted by Crippen LogP contribution is 2.14. The molecule has 0 unspecified atom stereocenters. The highest BCUT2D eigenvalue weighted by molar-refractivity contribution is 5.78.